The summed E-state index contributed by atoms with van der Waals surface area (Å²) < 4.78 is 5.26. The maximum atomic E-state index is 12.2. The Morgan fingerprint density at radius 2 is 1.73 bits per heavy atom. The lowest BCUT2D eigenvalue weighted by Gasteiger charge is -2.14. The van der Waals surface area contributed by atoms with E-state index in [1.807, 2.05) is 44.2 Å². The van der Waals surface area contributed by atoms with Gasteiger partial charge in [0.05, 0.1) is 5.56 Å². The highest BCUT2D eigenvalue weighted by molar-refractivity contribution is 5.97. The third kappa shape index (κ3) is 3.95. The predicted octanol–water partition coefficient (Wildman–Crippen LogP) is 3.49. The molecule has 1 amide bonds. The Kier molecular flexibility index (Phi) is 4.94. The predicted molar refractivity (Wildman–Crippen MR) is 85.9 cm³/mol. The van der Waals surface area contributed by atoms with E-state index in [-0.39, 0.29) is 5.91 Å². The van der Waals surface area contributed by atoms with Crippen molar-refractivity contribution in [3.05, 3.63) is 65.2 Å². The maximum absolute atomic E-state index is 12.2. The molecule has 2 aromatic carbocycles. The SMILES string of the molecule is Cc1ccc(C)c(C(=O)OC(C)C(=O)Nc2ccccc2)c1. The molecule has 0 aliphatic carbocycles. The second-order valence-electron chi connectivity index (χ2n) is 5.22. The molecule has 0 bridgehead atoms. The van der Waals surface area contributed by atoms with E-state index in [9.17, 15) is 9.59 Å². The van der Waals surface area contributed by atoms with Gasteiger partial charge in [-0.2, -0.15) is 0 Å². The third-order valence-corrected chi connectivity index (χ3v) is 3.31. The number of nitrogens with one attached hydrogen (secondary N) is 1. The largest absolute Gasteiger partial charge is 0.449 e. The highest BCUT2D eigenvalue weighted by Gasteiger charge is 2.20. The molecule has 0 saturated heterocycles. The number of para-hydroxylation sites is 1. The van der Waals surface area contributed by atoms with Crippen molar-refractivity contribution in [2.45, 2.75) is 26.9 Å². The molecule has 22 heavy (non-hydrogen) atoms. The summed E-state index contributed by atoms with van der Waals surface area (Å²) in [4.78, 5) is 24.2. The lowest BCUT2D eigenvalue weighted by molar-refractivity contribution is -0.123. The number of anilines is 1. The molecule has 0 aliphatic rings. The molecule has 1 N–H and O–H groups in total. The zero-order valence-electron chi connectivity index (χ0n) is 12.9. The van der Waals surface area contributed by atoms with Crippen molar-refractivity contribution in [3.8, 4) is 0 Å². The number of carbonyl (C=O) groups is 2. The van der Waals surface area contributed by atoms with Gasteiger partial charge in [0.1, 0.15) is 0 Å². The van der Waals surface area contributed by atoms with Gasteiger partial charge in [0.2, 0.25) is 0 Å². The molecule has 114 valence electrons. The first-order valence-electron chi connectivity index (χ1n) is 7.11. The fraction of sp³-hybridized carbons (Fsp3) is 0.222. The molecule has 0 aliphatic heterocycles. The van der Waals surface area contributed by atoms with Gasteiger partial charge in [-0.15, -0.1) is 0 Å². The average molecular weight is 297 g/mol. The number of hydrogen-bond acceptors (Lipinski definition) is 3. The highest BCUT2D eigenvalue weighted by Crippen LogP contribution is 2.14. The van der Waals surface area contributed by atoms with Crippen LogP contribution in [0.15, 0.2) is 48.5 Å². The van der Waals surface area contributed by atoms with Crippen molar-refractivity contribution in [1.29, 1.82) is 0 Å². The number of amides is 1. The minimum atomic E-state index is -0.868. The zero-order valence-corrected chi connectivity index (χ0v) is 12.9. The first-order valence-corrected chi connectivity index (χ1v) is 7.11. The van der Waals surface area contributed by atoms with Crippen LogP contribution in [-0.2, 0) is 9.53 Å². The molecule has 2 aromatic rings. The Morgan fingerprint density at radius 3 is 2.41 bits per heavy atom. The topological polar surface area (TPSA) is 55.4 Å². The van der Waals surface area contributed by atoms with E-state index in [1.54, 1.807) is 25.1 Å². The Hall–Kier alpha value is -2.62. The van der Waals surface area contributed by atoms with Gasteiger partial charge in [-0.05, 0) is 44.5 Å². The molecule has 0 saturated carbocycles. The van der Waals surface area contributed by atoms with Crippen molar-refractivity contribution >= 4 is 17.6 Å². The summed E-state index contributed by atoms with van der Waals surface area (Å²) in [5, 5.41) is 2.71. The quantitative estimate of drug-likeness (QED) is 0.879. The normalized spacial score (nSPS) is 11.6. The lowest BCUT2D eigenvalue weighted by Crippen LogP contribution is -2.30. The van der Waals surface area contributed by atoms with Crippen molar-refractivity contribution < 1.29 is 14.3 Å². The molecule has 0 fully saturated rings. The van der Waals surface area contributed by atoms with Crippen LogP contribution in [0.1, 0.15) is 28.4 Å². The summed E-state index contributed by atoms with van der Waals surface area (Å²) in [5.41, 5.74) is 2.95. The van der Waals surface area contributed by atoms with Crippen LogP contribution in [0.5, 0.6) is 0 Å². The molecular weight excluding hydrogens is 278 g/mol. The summed E-state index contributed by atoms with van der Waals surface area (Å²) in [7, 11) is 0. The molecular formula is C18H19NO3. The lowest BCUT2D eigenvalue weighted by atomic mass is 10.1. The molecule has 0 aromatic heterocycles. The molecule has 1 unspecified atom stereocenters. The fourth-order valence-electron chi connectivity index (χ4n) is 2.00. The second-order valence-corrected chi connectivity index (χ2v) is 5.22. The number of esters is 1. The van der Waals surface area contributed by atoms with Crippen LogP contribution in [0, 0.1) is 13.8 Å². The molecule has 4 nitrogen and oxygen atoms in total. The first kappa shape index (κ1) is 15.8. The minimum Gasteiger partial charge on any atom is -0.449 e. The molecule has 0 heterocycles. The third-order valence-electron chi connectivity index (χ3n) is 3.31. The van der Waals surface area contributed by atoms with Gasteiger partial charge in [-0.1, -0.05) is 35.9 Å². The van der Waals surface area contributed by atoms with Gasteiger partial charge in [0, 0.05) is 5.69 Å². The van der Waals surface area contributed by atoms with Gasteiger partial charge < -0.3 is 10.1 Å². The Morgan fingerprint density at radius 1 is 1.05 bits per heavy atom. The molecule has 2 rings (SSSR count). The standard InChI is InChI=1S/C18H19NO3/c1-12-9-10-13(2)16(11-12)18(21)22-14(3)17(20)19-15-7-5-4-6-8-15/h4-11,14H,1-3H3,(H,19,20). The molecule has 0 spiro atoms. The summed E-state index contributed by atoms with van der Waals surface area (Å²) in [6, 6.07) is 14.6. The van der Waals surface area contributed by atoms with E-state index >= 15 is 0 Å². The van der Waals surface area contributed by atoms with Crippen molar-refractivity contribution in [1.82, 2.24) is 0 Å². The van der Waals surface area contributed by atoms with Crippen LogP contribution in [-0.4, -0.2) is 18.0 Å². The summed E-state index contributed by atoms with van der Waals surface area (Å²) in [6.07, 6.45) is -0.868. The van der Waals surface area contributed by atoms with Crippen LogP contribution >= 0.6 is 0 Å². The number of hydrogen-bond donors (Lipinski definition) is 1. The number of aryl methyl sites for hydroxylation is 2. The van der Waals surface area contributed by atoms with E-state index in [1.165, 1.54) is 0 Å². The van der Waals surface area contributed by atoms with Crippen molar-refractivity contribution in [3.63, 3.8) is 0 Å². The van der Waals surface area contributed by atoms with Crippen molar-refractivity contribution in [2.24, 2.45) is 0 Å². The van der Waals surface area contributed by atoms with Crippen LogP contribution in [0.25, 0.3) is 0 Å². The summed E-state index contributed by atoms with van der Waals surface area (Å²) in [5.74, 6) is -0.846. The maximum Gasteiger partial charge on any atom is 0.339 e. The first-order chi connectivity index (χ1) is 10.5. The van der Waals surface area contributed by atoms with Gasteiger partial charge in [0.25, 0.3) is 5.91 Å². The van der Waals surface area contributed by atoms with Crippen molar-refractivity contribution in [2.75, 3.05) is 5.32 Å². The summed E-state index contributed by atoms with van der Waals surface area (Å²) >= 11 is 0. The molecule has 1 atom stereocenters. The van der Waals surface area contributed by atoms with Crippen LogP contribution in [0.4, 0.5) is 5.69 Å². The Bertz CT molecular complexity index is 680. The zero-order chi connectivity index (χ0) is 16.1. The fourth-order valence-corrected chi connectivity index (χ4v) is 2.00. The van der Waals surface area contributed by atoms with Gasteiger partial charge in [-0.3, -0.25) is 4.79 Å². The number of rotatable bonds is 4. The van der Waals surface area contributed by atoms with Crippen LogP contribution in [0.2, 0.25) is 0 Å². The number of ether oxygens (including phenoxy) is 1. The van der Waals surface area contributed by atoms with E-state index in [0.29, 0.717) is 11.3 Å². The molecule has 0 radical (unpaired) electrons. The van der Waals surface area contributed by atoms with Crippen LogP contribution in [0.3, 0.4) is 0 Å². The van der Waals surface area contributed by atoms with Gasteiger partial charge >= 0.3 is 5.97 Å². The van der Waals surface area contributed by atoms with E-state index in [4.69, 9.17) is 4.74 Å². The average Bonchev–Trinajstić information content (AvgIpc) is 2.50. The highest BCUT2D eigenvalue weighted by atomic mass is 16.5. The van der Waals surface area contributed by atoms with Gasteiger partial charge in [-0.25, -0.2) is 4.79 Å². The Labute approximate surface area is 130 Å². The summed E-state index contributed by atoms with van der Waals surface area (Å²) in [6.45, 7) is 5.30. The monoisotopic (exact) mass is 297 g/mol. The number of carbonyl (C=O) groups excluding carboxylic acids is 2. The van der Waals surface area contributed by atoms with E-state index in [0.717, 1.165) is 11.1 Å². The second kappa shape index (κ2) is 6.89. The van der Waals surface area contributed by atoms with Crippen LogP contribution < -0.4 is 5.32 Å². The van der Waals surface area contributed by atoms with E-state index in [2.05, 4.69) is 5.32 Å². The smallest absolute Gasteiger partial charge is 0.339 e. The van der Waals surface area contributed by atoms with E-state index < -0.39 is 12.1 Å². The Balaban J connectivity index is 2.01. The molecule has 4 heteroatoms. The van der Waals surface area contributed by atoms with Gasteiger partial charge in [0.15, 0.2) is 6.10 Å². The number of benzene rings is 2. The minimum absolute atomic E-state index is 0.357.